The van der Waals surface area contributed by atoms with Crippen molar-refractivity contribution in [3.8, 4) is 0 Å². The molecule has 28 heavy (non-hydrogen) atoms. The van der Waals surface area contributed by atoms with Gasteiger partial charge in [0.2, 0.25) is 5.91 Å². The van der Waals surface area contributed by atoms with Crippen molar-refractivity contribution in [2.45, 2.75) is 26.8 Å². The monoisotopic (exact) mass is 387 g/mol. The minimum atomic E-state index is 0.0247. The van der Waals surface area contributed by atoms with Gasteiger partial charge in [-0.25, -0.2) is 4.98 Å². The minimum Gasteiger partial charge on any atom is -0.282 e. The molecule has 0 saturated heterocycles. The summed E-state index contributed by atoms with van der Waals surface area (Å²) in [6.07, 6.45) is 2.09. The Morgan fingerprint density at radius 2 is 1.86 bits per heavy atom. The number of carbonyl (C=O) groups excluding carboxylic acids is 1. The Bertz CT molecular complexity index is 1090. The fourth-order valence-corrected chi connectivity index (χ4v) is 4.18. The minimum absolute atomic E-state index is 0.0247. The van der Waals surface area contributed by atoms with Crippen molar-refractivity contribution in [3.05, 3.63) is 89.2 Å². The first-order chi connectivity index (χ1) is 13.6. The smallest absolute Gasteiger partial charge is 0.233 e. The highest BCUT2D eigenvalue weighted by molar-refractivity contribution is 7.22. The van der Waals surface area contributed by atoms with Crippen molar-refractivity contribution in [2.75, 3.05) is 4.90 Å². The third kappa shape index (κ3) is 3.94. The van der Waals surface area contributed by atoms with Crippen molar-refractivity contribution in [1.82, 2.24) is 9.97 Å². The number of pyridine rings is 1. The van der Waals surface area contributed by atoms with Gasteiger partial charge in [0.1, 0.15) is 0 Å². The van der Waals surface area contributed by atoms with E-state index < -0.39 is 0 Å². The molecule has 2 aromatic carbocycles. The van der Waals surface area contributed by atoms with Crippen molar-refractivity contribution < 1.29 is 4.79 Å². The molecule has 0 aliphatic heterocycles. The highest BCUT2D eigenvalue weighted by atomic mass is 32.1. The molecule has 0 aliphatic rings. The second-order valence-electron chi connectivity index (χ2n) is 6.87. The van der Waals surface area contributed by atoms with Crippen LogP contribution in [-0.2, 0) is 17.8 Å². The quantitative estimate of drug-likeness (QED) is 0.479. The third-order valence-electron chi connectivity index (χ3n) is 4.70. The second kappa shape index (κ2) is 7.90. The number of thiazole rings is 1. The van der Waals surface area contributed by atoms with E-state index in [0.717, 1.165) is 27.0 Å². The zero-order valence-corrected chi connectivity index (χ0v) is 16.7. The molecule has 140 valence electrons. The van der Waals surface area contributed by atoms with Crippen molar-refractivity contribution in [2.24, 2.45) is 0 Å². The van der Waals surface area contributed by atoms with Gasteiger partial charge in [0.15, 0.2) is 5.13 Å². The summed E-state index contributed by atoms with van der Waals surface area (Å²) in [5.41, 5.74) is 5.13. The molecule has 0 atom stereocenters. The van der Waals surface area contributed by atoms with Crippen LogP contribution >= 0.6 is 11.3 Å². The van der Waals surface area contributed by atoms with E-state index in [9.17, 15) is 4.79 Å². The maximum absolute atomic E-state index is 13.3. The zero-order chi connectivity index (χ0) is 19.5. The number of amides is 1. The Morgan fingerprint density at radius 3 is 2.61 bits per heavy atom. The maximum Gasteiger partial charge on any atom is 0.233 e. The number of rotatable bonds is 5. The molecule has 4 nitrogen and oxygen atoms in total. The summed E-state index contributed by atoms with van der Waals surface area (Å²) in [7, 11) is 0. The molecule has 0 N–H and O–H groups in total. The topological polar surface area (TPSA) is 46.1 Å². The summed E-state index contributed by atoms with van der Waals surface area (Å²) in [5, 5.41) is 0.710. The van der Waals surface area contributed by atoms with Crippen LogP contribution in [0, 0.1) is 13.8 Å². The fraction of sp³-hybridized carbons (Fsp3) is 0.174. The first-order valence-corrected chi connectivity index (χ1v) is 10.0. The van der Waals surface area contributed by atoms with E-state index in [-0.39, 0.29) is 5.91 Å². The number of nitrogens with zero attached hydrogens (tertiary/aromatic N) is 3. The van der Waals surface area contributed by atoms with Crippen LogP contribution in [0.2, 0.25) is 0 Å². The summed E-state index contributed by atoms with van der Waals surface area (Å²) in [6, 6.07) is 19.9. The summed E-state index contributed by atoms with van der Waals surface area (Å²) in [5.74, 6) is 0.0247. The largest absolute Gasteiger partial charge is 0.282 e. The van der Waals surface area contributed by atoms with Gasteiger partial charge in [-0.15, -0.1) is 0 Å². The van der Waals surface area contributed by atoms with Gasteiger partial charge in [0.05, 0.1) is 28.9 Å². The Morgan fingerprint density at radius 1 is 1.04 bits per heavy atom. The molecule has 4 aromatic rings. The number of hydrogen-bond donors (Lipinski definition) is 0. The van der Waals surface area contributed by atoms with Gasteiger partial charge in [0.25, 0.3) is 0 Å². The SMILES string of the molecule is Cc1ccc(CC(=O)N(Cc2ccccn2)c2nc3ccccc3s2)c(C)c1. The highest BCUT2D eigenvalue weighted by Crippen LogP contribution is 2.30. The predicted molar refractivity (Wildman–Crippen MR) is 115 cm³/mol. The van der Waals surface area contributed by atoms with Crippen molar-refractivity contribution in [1.29, 1.82) is 0 Å². The average Bonchev–Trinajstić information content (AvgIpc) is 3.13. The summed E-state index contributed by atoms with van der Waals surface area (Å²) >= 11 is 1.54. The summed E-state index contributed by atoms with van der Waals surface area (Å²) in [6.45, 7) is 4.52. The van der Waals surface area contributed by atoms with E-state index in [0.29, 0.717) is 18.1 Å². The lowest BCUT2D eigenvalue weighted by Gasteiger charge is -2.20. The van der Waals surface area contributed by atoms with Gasteiger partial charge in [-0.2, -0.15) is 0 Å². The van der Waals surface area contributed by atoms with Crippen LogP contribution in [-0.4, -0.2) is 15.9 Å². The standard InChI is InChI=1S/C23H21N3OS/c1-16-10-11-18(17(2)13-16)14-22(27)26(15-19-7-5-6-12-24-19)23-25-20-8-3-4-9-21(20)28-23/h3-13H,14-15H2,1-2H3. The molecule has 0 bridgehead atoms. The molecule has 0 radical (unpaired) electrons. The number of anilines is 1. The molecule has 0 fully saturated rings. The number of benzene rings is 2. The number of carbonyl (C=O) groups is 1. The number of para-hydroxylation sites is 1. The second-order valence-corrected chi connectivity index (χ2v) is 7.88. The lowest BCUT2D eigenvalue weighted by molar-refractivity contribution is -0.118. The van der Waals surface area contributed by atoms with Crippen LogP contribution in [0.25, 0.3) is 10.2 Å². The van der Waals surface area contributed by atoms with E-state index in [2.05, 4.69) is 31.0 Å². The first kappa shape index (κ1) is 18.3. The van der Waals surface area contributed by atoms with Crippen LogP contribution in [0.4, 0.5) is 5.13 Å². The van der Waals surface area contributed by atoms with E-state index >= 15 is 0 Å². The average molecular weight is 388 g/mol. The molecular weight excluding hydrogens is 366 g/mol. The maximum atomic E-state index is 13.3. The molecule has 0 saturated carbocycles. The lowest BCUT2D eigenvalue weighted by atomic mass is 10.0. The predicted octanol–water partition coefficient (Wildman–Crippen LogP) is 5.08. The highest BCUT2D eigenvalue weighted by Gasteiger charge is 2.21. The molecule has 2 aromatic heterocycles. The van der Waals surface area contributed by atoms with Gasteiger partial charge in [-0.3, -0.25) is 14.7 Å². The normalized spacial score (nSPS) is 10.9. The third-order valence-corrected chi connectivity index (χ3v) is 5.76. The zero-order valence-electron chi connectivity index (χ0n) is 15.9. The van der Waals surface area contributed by atoms with Gasteiger partial charge >= 0.3 is 0 Å². The van der Waals surface area contributed by atoms with Crippen molar-refractivity contribution >= 4 is 32.6 Å². The van der Waals surface area contributed by atoms with Crippen LogP contribution in [0.15, 0.2) is 66.9 Å². The molecule has 5 heteroatoms. The number of hydrogen-bond acceptors (Lipinski definition) is 4. The van der Waals surface area contributed by atoms with Gasteiger partial charge < -0.3 is 0 Å². The summed E-state index contributed by atoms with van der Waals surface area (Å²) in [4.78, 5) is 24.2. The van der Waals surface area contributed by atoms with Crippen molar-refractivity contribution in [3.63, 3.8) is 0 Å². The number of aryl methyl sites for hydroxylation is 2. The molecular formula is C23H21N3OS. The summed E-state index contributed by atoms with van der Waals surface area (Å²) < 4.78 is 1.07. The van der Waals surface area contributed by atoms with Gasteiger partial charge in [-0.05, 0) is 49.2 Å². The van der Waals surface area contributed by atoms with Crippen LogP contribution < -0.4 is 4.90 Å². The Kier molecular flexibility index (Phi) is 5.17. The molecule has 0 aliphatic carbocycles. The molecule has 4 rings (SSSR count). The van der Waals surface area contributed by atoms with E-state index in [1.807, 2.05) is 48.5 Å². The molecule has 1 amide bonds. The Balaban J connectivity index is 1.68. The van der Waals surface area contributed by atoms with E-state index in [4.69, 9.17) is 4.98 Å². The molecule has 0 unspecified atom stereocenters. The van der Waals surface area contributed by atoms with Gasteiger partial charge in [0, 0.05) is 6.20 Å². The first-order valence-electron chi connectivity index (χ1n) is 9.22. The molecule has 2 heterocycles. The van der Waals surface area contributed by atoms with Crippen LogP contribution in [0.1, 0.15) is 22.4 Å². The number of fused-ring (bicyclic) bond motifs is 1. The Labute approximate surface area is 168 Å². The van der Waals surface area contributed by atoms with E-state index in [1.54, 1.807) is 11.1 Å². The number of aromatic nitrogens is 2. The lowest BCUT2D eigenvalue weighted by Crippen LogP contribution is -2.32. The van der Waals surface area contributed by atoms with E-state index in [1.165, 1.54) is 16.9 Å². The Hall–Kier alpha value is -3.05. The van der Waals surface area contributed by atoms with Crippen LogP contribution in [0.3, 0.4) is 0 Å². The van der Waals surface area contributed by atoms with Gasteiger partial charge in [-0.1, -0.05) is 53.3 Å². The molecule has 0 spiro atoms. The fourth-order valence-electron chi connectivity index (χ4n) is 3.19. The van der Waals surface area contributed by atoms with Crippen LogP contribution in [0.5, 0.6) is 0 Å².